The summed E-state index contributed by atoms with van der Waals surface area (Å²) in [5, 5.41) is 6.07. The number of rotatable bonds is 6. The lowest BCUT2D eigenvalue weighted by molar-refractivity contribution is 0.102. The molecule has 1 aromatic carbocycles. The van der Waals surface area contributed by atoms with Crippen molar-refractivity contribution in [1.82, 2.24) is 14.9 Å². The summed E-state index contributed by atoms with van der Waals surface area (Å²) in [5.74, 6) is 0.408. The van der Waals surface area contributed by atoms with Crippen LogP contribution in [0, 0.1) is 13.8 Å². The highest BCUT2D eigenvalue weighted by molar-refractivity contribution is 6.03. The molecule has 23 heavy (non-hydrogen) atoms. The van der Waals surface area contributed by atoms with E-state index in [1.807, 2.05) is 46.1 Å². The van der Waals surface area contributed by atoms with Gasteiger partial charge in [0.15, 0.2) is 0 Å². The summed E-state index contributed by atoms with van der Waals surface area (Å²) < 4.78 is 0. The molecule has 0 aliphatic carbocycles. The lowest BCUT2D eigenvalue weighted by Gasteiger charge is -2.12. The zero-order valence-corrected chi connectivity index (χ0v) is 14.1. The molecule has 0 spiro atoms. The number of carbonyl (C=O) groups excluding carboxylic acids is 1. The van der Waals surface area contributed by atoms with Crippen LogP contribution in [0.4, 0.5) is 11.5 Å². The van der Waals surface area contributed by atoms with Crippen molar-refractivity contribution in [1.29, 1.82) is 0 Å². The highest BCUT2D eigenvalue weighted by Gasteiger charge is 2.11. The second-order valence-electron chi connectivity index (χ2n) is 5.74. The van der Waals surface area contributed by atoms with Crippen LogP contribution in [0.1, 0.15) is 21.6 Å². The van der Waals surface area contributed by atoms with Crippen molar-refractivity contribution >= 4 is 17.4 Å². The lowest BCUT2D eigenvalue weighted by Crippen LogP contribution is -2.21. The van der Waals surface area contributed by atoms with E-state index < -0.39 is 0 Å². The number of aromatic nitrogens is 2. The molecule has 1 heterocycles. The summed E-state index contributed by atoms with van der Waals surface area (Å²) in [6.07, 6.45) is 3.07. The number of nitrogens with one attached hydrogen (secondary N) is 2. The van der Waals surface area contributed by atoms with E-state index in [1.165, 1.54) is 6.20 Å². The number of likely N-dealkylation sites (N-methyl/N-ethyl adjacent to an activating group) is 1. The van der Waals surface area contributed by atoms with Crippen LogP contribution >= 0.6 is 0 Å². The number of para-hydroxylation sites is 1. The molecular formula is C17H23N5O. The van der Waals surface area contributed by atoms with E-state index >= 15 is 0 Å². The number of benzene rings is 1. The van der Waals surface area contributed by atoms with Crippen LogP contribution in [0.25, 0.3) is 0 Å². The molecule has 2 rings (SSSR count). The van der Waals surface area contributed by atoms with Gasteiger partial charge in [-0.05, 0) is 39.1 Å². The molecule has 0 saturated heterocycles. The van der Waals surface area contributed by atoms with E-state index in [4.69, 9.17) is 0 Å². The summed E-state index contributed by atoms with van der Waals surface area (Å²) in [7, 11) is 4.02. The van der Waals surface area contributed by atoms with Crippen molar-refractivity contribution in [2.45, 2.75) is 13.8 Å². The van der Waals surface area contributed by atoms with Crippen LogP contribution < -0.4 is 10.6 Å². The molecule has 0 atom stereocenters. The van der Waals surface area contributed by atoms with Crippen molar-refractivity contribution in [2.75, 3.05) is 37.8 Å². The standard InChI is InChI=1S/C17H23N5O/c1-12-6-5-7-13(2)16(12)21-17(23)14-10-20-15(11-19-14)18-8-9-22(3)4/h5-7,10-11H,8-9H2,1-4H3,(H,18,20)(H,21,23). The van der Waals surface area contributed by atoms with Gasteiger partial charge in [0.25, 0.3) is 5.91 Å². The highest BCUT2D eigenvalue weighted by Crippen LogP contribution is 2.20. The fourth-order valence-corrected chi connectivity index (χ4v) is 2.13. The molecule has 0 unspecified atom stereocenters. The zero-order valence-electron chi connectivity index (χ0n) is 14.1. The number of anilines is 2. The molecule has 1 aromatic heterocycles. The molecular weight excluding hydrogens is 290 g/mol. The first-order valence-corrected chi connectivity index (χ1v) is 7.55. The first kappa shape index (κ1) is 16.9. The second-order valence-corrected chi connectivity index (χ2v) is 5.74. The Morgan fingerprint density at radius 3 is 2.39 bits per heavy atom. The molecule has 2 N–H and O–H groups in total. The predicted octanol–water partition coefficient (Wildman–Crippen LogP) is 2.32. The normalized spacial score (nSPS) is 10.7. The van der Waals surface area contributed by atoms with E-state index in [0.29, 0.717) is 11.5 Å². The molecule has 0 fully saturated rings. The molecule has 6 nitrogen and oxygen atoms in total. The van der Waals surface area contributed by atoms with Crippen molar-refractivity contribution in [2.24, 2.45) is 0 Å². The third-order valence-electron chi connectivity index (χ3n) is 3.47. The van der Waals surface area contributed by atoms with Crippen LogP contribution in [-0.4, -0.2) is 48.0 Å². The highest BCUT2D eigenvalue weighted by atomic mass is 16.1. The molecule has 122 valence electrons. The molecule has 0 aliphatic rings. The van der Waals surface area contributed by atoms with Gasteiger partial charge in [0.05, 0.1) is 12.4 Å². The lowest BCUT2D eigenvalue weighted by atomic mass is 10.1. The molecule has 0 bridgehead atoms. The van der Waals surface area contributed by atoms with Crippen LogP contribution in [0.2, 0.25) is 0 Å². The number of hydrogen-bond donors (Lipinski definition) is 2. The molecule has 2 aromatic rings. The predicted molar refractivity (Wildman–Crippen MR) is 92.9 cm³/mol. The molecule has 0 saturated carbocycles. The van der Waals surface area contributed by atoms with Gasteiger partial charge in [-0.25, -0.2) is 9.97 Å². The number of nitrogens with zero attached hydrogens (tertiary/aromatic N) is 3. The second kappa shape index (κ2) is 7.69. The molecule has 6 heteroatoms. The van der Waals surface area contributed by atoms with Crippen LogP contribution in [-0.2, 0) is 0 Å². The zero-order chi connectivity index (χ0) is 16.8. The van der Waals surface area contributed by atoms with Crippen LogP contribution in [0.15, 0.2) is 30.6 Å². The van der Waals surface area contributed by atoms with E-state index in [9.17, 15) is 4.79 Å². The Hall–Kier alpha value is -2.47. The summed E-state index contributed by atoms with van der Waals surface area (Å²) in [5.41, 5.74) is 3.17. The average Bonchev–Trinajstić information content (AvgIpc) is 2.51. The van der Waals surface area contributed by atoms with Gasteiger partial charge in [0.1, 0.15) is 11.5 Å². The maximum Gasteiger partial charge on any atom is 0.275 e. The van der Waals surface area contributed by atoms with Gasteiger partial charge in [-0.3, -0.25) is 4.79 Å². The van der Waals surface area contributed by atoms with Gasteiger partial charge in [-0.15, -0.1) is 0 Å². The Morgan fingerprint density at radius 2 is 1.83 bits per heavy atom. The Labute approximate surface area is 137 Å². The minimum atomic E-state index is -0.255. The third-order valence-corrected chi connectivity index (χ3v) is 3.47. The van der Waals surface area contributed by atoms with Crippen molar-refractivity contribution in [3.63, 3.8) is 0 Å². The fraction of sp³-hybridized carbons (Fsp3) is 0.353. The Morgan fingerprint density at radius 1 is 1.13 bits per heavy atom. The number of amides is 1. The smallest absolute Gasteiger partial charge is 0.275 e. The molecule has 0 radical (unpaired) electrons. The van der Waals surface area contributed by atoms with Gasteiger partial charge in [-0.1, -0.05) is 18.2 Å². The molecule has 1 amide bonds. The summed E-state index contributed by atoms with van der Waals surface area (Å²) in [6, 6.07) is 5.90. The Kier molecular flexibility index (Phi) is 5.65. The SMILES string of the molecule is Cc1cccc(C)c1NC(=O)c1cnc(NCCN(C)C)cn1. The Bertz CT molecular complexity index is 647. The minimum Gasteiger partial charge on any atom is -0.368 e. The van der Waals surface area contributed by atoms with Crippen molar-refractivity contribution < 1.29 is 4.79 Å². The van der Waals surface area contributed by atoms with E-state index in [-0.39, 0.29) is 5.91 Å². The first-order chi connectivity index (χ1) is 11.0. The van der Waals surface area contributed by atoms with Gasteiger partial charge < -0.3 is 15.5 Å². The average molecular weight is 313 g/mol. The number of carbonyl (C=O) groups is 1. The van der Waals surface area contributed by atoms with Crippen LogP contribution in [0.5, 0.6) is 0 Å². The van der Waals surface area contributed by atoms with Gasteiger partial charge in [0, 0.05) is 18.8 Å². The monoisotopic (exact) mass is 313 g/mol. The maximum absolute atomic E-state index is 12.3. The maximum atomic E-state index is 12.3. The summed E-state index contributed by atoms with van der Waals surface area (Å²) >= 11 is 0. The van der Waals surface area contributed by atoms with Crippen LogP contribution in [0.3, 0.4) is 0 Å². The fourth-order valence-electron chi connectivity index (χ4n) is 2.13. The summed E-state index contributed by atoms with van der Waals surface area (Å²) in [6.45, 7) is 5.60. The van der Waals surface area contributed by atoms with E-state index in [0.717, 1.165) is 29.9 Å². The van der Waals surface area contributed by atoms with Gasteiger partial charge in [0.2, 0.25) is 0 Å². The summed E-state index contributed by atoms with van der Waals surface area (Å²) in [4.78, 5) is 22.8. The number of hydrogen-bond acceptors (Lipinski definition) is 5. The minimum absolute atomic E-state index is 0.255. The third kappa shape index (κ3) is 4.75. The van der Waals surface area contributed by atoms with E-state index in [1.54, 1.807) is 6.20 Å². The largest absolute Gasteiger partial charge is 0.368 e. The van der Waals surface area contributed by atoms with E-state index in [2.05, 4.69) is 25.5 Å². The van der Waals surface area contributed by atoms with Gasteiger partial charge >= 0.3 is 0 Å². The quantitative estimate of drug-likeness (QED) is 0.856. The topological polar surface area (TPSA) is 70.2 Å². The van der Waals surface area contributed by atoms with Gasteiger partial charge in [-0.2, -0.15) is 0 Å². The first-order valence-electron chi connectivity index (χ1n) is 7.55. The van der Waals surface area contributed by atoms with Crippen molar-refractivity contribution in [3.8, 4) is 0 Å². The number of aryl methyl sites for hydroxylation is 2. The molecule has 0 aliphatic heterocycles. The van der Waals surface area contributed by atoms with Crippen molar-refractivity contribution in [3.05, 3.63) is 47.4 Å². The Balaban J connectivity index is 2.00.